The van der Waals surface area contributed by atoms with Crippen molar-refractivity contribution in [1.29, 1.82) is 0 Å². The fraction of sp³-hybridized carbons (Fsp3) is 0.750. The summed E-state index contributed by atoms with van der Waals surface area (Å²) in [6.45, 7) is 8.20. The van der Waals surface area contributed by atoms with Crippen molar-refractivity contribution < 1.29 is 0 Å². The van der Waals surface area contributed by atoms with Crippen LogP contribution >= 0.6 is 11.8 Å². The molecule has 0 aromatic carbocycles. The van der Waals surface area contributed by atoms with E-state index in [0.29, 0.717) is 0 Å². The van der Waals surface area contributed by atoms with Crippen LogP contribution in [-0.2, 0) is 0 Å². The van der Waals surface area contributed by atoms with Crippen molar-refractivity contribution in [2.75, 3.05) is 5.75 Å². The van der Waals surface area contributed by atoms with Gasteiger partial charge >= 0.3 is 0 Å². The van der Waals surface area contributed by atoms with Crippen LogP contribution in [0, 0.1) is 41.4 Å². The molecular formula is C16H22S. The number of hydrogen-bond donors (Lipinski definition) is 0. The zero-order valence-corrected chi connectivity index (χ0v) is 11.2. The summed E-state index contributed by atoms with van der Waals surface area (Å²) in [4.78, 5) is 0. The van der Waals surface area contributed by atoms with Crippen LogP contribution in [0.25, 0.3) is 0 Å². The van der Waals surface area contributed by atoms with Gasteiger partial charge in [0, 0.05) is 5.25 Å². The van der Waals surface area contributed by atoms with Gasteiger partial charge in [0.15, 0.2) is 0 Å². The average molecular weight is 246 g/mol. The Morgan fingerprint density at radius 2 is 1.59 bits per heavy atom. The lowest BCUT2D eigenvalue weighted by Gasteiger charge is -2.37. The molecule has 1 saturated heterocycles. The summed E-state index contributed by atoms with van der Waals surface area (Å²) in [5.74, 6) is 8.09. The van der Waals surface area contributed by atoms with Crippen LogP contribution in [0.1, 0.15) is 19.3 Å². The predicted octanol–water partition coefficient (Wildman–Crippen LogP) is 4.00. The molecule has 3 aliphatic carbocycles. The van der Waals surface area contributed by atoms with Crippen molar-refractivity contribution in [1.82, 2.24) is 0 Å². The topological polar surface area (TPSA) is 0 Å². The summed E-state index contributed by atoms with van der Waals surface area (Å²) in [7, 11) is 0. The van der Waals surface area contributed by atoms with Crippen LogP contribution in [0.15, 0.2) is 25.3 Å². The molecule has 0 nitrogen and oxygen atoms in total. The van der Waals surface area contributed by atoms with Gasteiger partial charge in [0.2, 0.25) is 0 Å². The second-order valence-electron chi connectivity index (χ2n) is 6.54. The number of allylic oxidation sites excluding steroid dienone is 2. The molecule has 1 aliphatic heterocycles. The average Bonchev–Trinajstić information content (AvgIpc) is 3.05. The summed E-state index contributed by atoms with van der Waals surface area (Å²) in [5, 5.41) is 1.02. The smallest absolute Gasteiger partial charge is 0.0110 e. The Morgan fingerprint density at radius 3 is 2.29 bits per heavy atom. The molecule has 1 heterocycles. The molecule has 4 fully saturated rings. The molecule has 0 radical (unpaired) electrons. The summed E-state index contributed by atoms with van der Waals surface area (Å²) >= 11 is 2.29. The third-order valence-electron chi connectivity index (χ3n) is 6.27. The lowest BCUT2D eigenvalue weighted by Crippen LogP contribution is -2.35. The maximum atomic E-state index is 4.10. The van der Waals surface area contributed by atoms with E-state index in [9.17, 15) is 0 Å². The third kappa shape index (κ3) is 1.22. The first-order valence-electron chi connectivity index (χ1n) is 7.22. The predicted molar refractivity (Wildman–Crippen MR) is 74.9 cm³/mol. The van der Waals surface area contributed by atoms with Crippen molar-refractivity contribution >= 4 is 11.8 Å². The highest BCUT2D eigenvalue weighted by atomic mass is 32.2. The van der Waals surface area contributed by atoms with Crippen molar-refractivity contribution in [2.24, 2.45) is 41.4 Å². The molecule has 0 aromatic rings. The molecule has 92 valence electrons. The van der Waals surface area contributed by atoms with Gasteiger partial charge in [-0.25, -0.2) is 0 Å². The Kier molecular flexibility index (Phi) is 2.31. The van der Waals surface area contributed by atoms with Crippen LogP contribution in [0.5, 0.6) is 0 Å². The van der Waals surface area contributed by atoms with Gasteiger partial charge in [0.05, 0.1) is 0 Å². The van der Waals surface area contributed by atoms with Gasteiger partial charge in [-0.2, -0.15) is 11.8 Å². The molecule has 2 bridgehead atoms. The maximum Gasteiger partial charge on any atom is 0.0110 e. The summed E-state index contributed by atoms with van der Waals surface area (Å²) in [6, 6.07) is 0. The molecule has 3 saturated carbocycles. The van der Waals surface area contributed by atoms with E-state index >= 15 is 0 Å². The Hall–Kier alpha value is -0.170. The molecule has 0 aromatic heterocycles. The number of fused-ring (bicyclic) bond motifs is 8. The molecule has 0 spiro atoms. The van der Waals surface area contributed by atoms with Crippen LogP contribution in [0.4, 0.5) is 0 Å². The summed E-state index contributed by atoms with van der Waals surface area (Å²) < 4.78 is 0. The fourth-order valence-electron chi connectivity index (χ4n) is 5.88. The van der Waals surface area contributed by atoms with E-state index < -0.39 is 0 Å². The second-order valence-corrected chi connectivity index (χ2v) is 7.83. The molecule has 1 heteroatoms. The van der Waals surface area contributed by atoms with Gasteiger partial charge in [-0.3, -0.25) is 0 Å². The van der Waals surface area contributed by atoms with Gasteiger partial charge in [-0.1, -0.05) is 12.2 Å². The summed E-state index contributed by atoms with van der Waals surface area (Å²) in [5.41, 5.74) is 0. The molecule has 4 aliphatic rings. The van der Waals surface area contributed by atoms with E-state index in [1.807, 2.05) is 0 Å². The van der Waals surface area contributed by atoms with Crippen LogP contribution < -0.4 is 0 Å². The molecule has 8 atom stereocenters. The van der Waals surface area contributed by atoms with E-state index in [2.05, 4.69) is 37.1 Å². The highest BCUT2D eigenvalue weighted by molar-refractivity contribution is 8.00. The van der Waals surface area contributed by atoms with Crippen LogP contribution in [0.2, 0.25) is 0 Å². The number of thioether (sulfide) groups is 1. The van der Waals surface area contributed by atoms with E-state index in [-0.39, 0.29) is 0 Å². The van der Waals surface area contributed by atoms with E-state index in [4.69, 9.17) is 0 Å². The molecule has 0 N–H and O–H groups in total. The minimum Gasteiger partial charge on any atom is -0.158 e. The Morgan fingerprint density at radius 1 is 0.882 bits per heavy atom. The molecular weight excluding hydrogens is 224 g/mol. The first-order chi connectivity index (χ1) is 8.35. The van der Waals surface area contributed by atoms with Gasteiger partial charge in [-0.05, 0) is 66.4 Å². The lowest BCUT2D eigenvalue weighted by atomic mass is 9.70. The monoisotopic (exact) mass is 246 g/mol. The first-order valence-corrected chi connectivity index (χ1v) is 8.26. The Balaban J connectivity index is 1.71. The van der Waals surface area contributed by atoms with E-state index in [1.54, 1.807) is 0 Å². The maximum absolute atomic E-state index is 4.10. The van der Waals surface area contributed by atoms with E-state index in [1.165, 1.54) is 25.0 Å². The Labute approximate surface area is 109 Å². The molecule has 0 amide bonds. The zero-order valence-electron chi connectivity index (χ0n) is 10.4. The fourth-order valence-corrected chi connectivity index (χ4v) is 7.69. The number of rotatable bonds is 2. The zero-order chi connectivity index (χ0) is 11.6. The lowest BCUT2D eigenvalue weighted by molar-refractivity contribution is 0.167. The minimum absolute atomic E-state index is 0.792. The van der Waals surface area contributed by atoms with Gasteiger partial charge in [0.1, 0.15) is 0 Å². The molecule has 4 rings (SSSR count). The van der Waals surface area contributed by atoms with Crippen molar-refractivity contribution in [3.63, 3.8) is 0 Å². The van der Waals surface area contributed by atoms with Gasteiger partial charge in [0.25, 0.3) is 0 Å². The molecule has 17 heavy (non-hydrogen) atoms. The SMILES string of the molecule is C=CC1CC(C=C)C2C3CC(C4CCSC43)C12. The van der Waals surface area contributed by atoms with Gasteiger partial charge < -0.3 is 0 Å². The highest BCUT2D eigenvalue weighted by Gasteiger charge is 2.63. The number of hydrogen-bond acceptors (Lipinski definition) is 1. The van der Waals surface area contributed by atoms with Gasteiger partial charge in [-0.15, -0.1) is 13.2 Å². The summed E-state index contributed by atoms with van der Waals surface area (Å²) in [6.07, 6.45) is 8.91. The van der Waals surface area contributed by atoms with Crippen molar-refractivity contribution in [3.05, 3.63) is 25.3 Å². The van der Waals surface area contributed by atoms with Crippen molar-refractivity contribution in [3.8, 4) is 0 Å². The quantitative estimate of drug-likeness (QED) is 0.664. The third-order valence-corrected chi connectivity index (χ3v) is 7.83. The van der Waals surface area contributed by atoms with Crippen LogP contribution in [-0.4, -0.2) is 11.0 Å². The second kappa shape index (κ2) is 3.66. The van der Waals surface area contributed by atoms with Crippen LogP contribution in [0.3, 0.4) is 0 Å². The van der Waals surface area contributed by atoms with E-state index in [0.717, 1.165) is 46.7 Å². The standard InChI is InChI=1S/C16H22S/c1-3-9-7-10(4-2)15-13-8-12(14(9)15)11-5-6-17-16(11)13/h3-4,9-16H,1-2,5-8H2. The minimum atomic E-state index is 0.792. The first kappa shape index (κ1) is 10.7. The normalized spacial score (nSPS) is 59.1. The highest BCUT2D eigenvalue weighted by Crippen LogP contribution is 2.69. The largest absolute Gasteiger partial charge is 0.158 e. The molecule has 8 unspecified atom stereocenters. The Bertz CT molecular complexity index is 329. The van der Waals surface area contributed by atoms with Crippen molar-refractivity contribution in [2.45, 2.75) is 24.5 Å².